The van der Waals surface area contributed by atoms with Crippen molar-refractivity contribution in [1.82, 2.24) is 9.88 Å². The molecule has 21 heavy (non-hydrogen) atoms. The summed E-state index contributed by atoms with van der Waals surface area (Å²) in [5.41, 5.74) is 1.51. The Morgan fingerprint density at radius 1 is 1.48 bits per heavy atom. The lowest BCUT2D eigenvalue weighted by Gasteiger charge is -2.25. The largest absolute Gasteiger partial charge is 0.469 e. The van der Waals surface area contributed by atoms with E-state index >= 15 is 0 Å². The van der Waals surface area contributed by atoms with Gasteiger partial charge in [0.2, 0.25) is 0 Å². The summed E-state index contributed by atoms with van der Waals surface area (Å²) in [5.74, 6) is 0.422. The Kier molecular flexibility index (Phi) is 4.33. The van der Waals surface area contributed by atoms with Crippen LogP contribution in [0, 0.1) is 6.92 Å². The average Bonchev–Trinajstić information content (AvgIpc) is 3.09. The van der Waals surface area contributed by atoms with Crippen molar-refractivity contribution in [3.05, 3.63) is 34.7 Å². The van der Waals surface area contributed by atoms with Crippen molar-refractivity contribution < 1.29 is 13.9 Å². The second-order valence-electron chi connectivity index (χ2n) is 4.88. The first-order valence-electron chi connectivity index (χ1n) is 6.82. The Morgan fingerprint density at radius 3 is 3.00 bits per heavy atom. The standard InChI is InChI=1S/C14H17N3O3S/c1-10-12(2-5-20-10)13(18)16-14-15-11(9-21-14)8-17-3-6-19-7-4-17/h2,5,9H,3-4,6-8H2,1H3,(H,15,16,18). The van der Waals surface area contributed by atoms with Crippen molar-refractivity contribution in [2.45, 2.75) is 13.5 Å². The van der Waals surface area contributed by atoms with Crippen molar-refractivity contribution in [1.29, 1.82) is 0 Å². The van der Waals surface area contributed by atoms with Gasteiger partial charge in [0.15, 0.2) is 5.13 Å². The van der Waals surface area contributed by atoms with Gasteiger partial charge < -0.3 is 9.15 Å². The highest BCUT2D eigenvalue weighted by molar-refractivity contribution is 7.13. The van der Waals surface area contributed by atoms with E-state index in [1.807, 2.05) is 5.38 Å². The van der Waals surface area contributed by atoms with Crippen LogP contribution in [-0.4, -0.2) is 42.1 Å². The normalized spacial score (nSPS) is 16.0. The van der Waals surface area contributed by atoms with Crippen LogP contribution in [0.3, 0.4) is 0 Å². The molecule has 0 radical (unpaired) electrons. The Morgan fingerprint density at radius 2 is 2.29 bits per heavy atom. The van der Waals surface area contributed by atoms with Crippen LogP contribution in [0.4, 0.5) is 5.13 Å². The van der Waals surface area contributed by atoms with Gasteiger partial charge in [0.25, 0.3) is 5.91 Å². The fourth-order valence-corrected chi connectivity index (χ4v) is 2.91. The predicted molar refractivity (Wildman–Crippen MR) is 79.6 cm³/mol. The smallest absolute Gasteiger partial charge is 0.260 e. The van der Waals surface area contributed by atoms with Gasteiger partial charge in [-0.25, -0.2) is 4.98 Å². The van der Waals surface area contributed by atoms with Crippen LogP contribution in [-0.2, 0) is 11.3 Å². The third kappa shape index (κ3) is 3.49. The maximum Gasteiger partial charge on any atom is 0.260 e. The minimum atomic E-state index is -0.187. The number of furan rings is 1. The molecule has 0 aromatic carbocycles. The molecule has 6 nitrogen and oxygen atoms in total. The molecule has 2 aromatic rings. The number of rotatable bonds is 4. The van der Waals surface area contributed by atoms with Crippen LogP contribution >= 0.6 is 11.3 Å². The van der Waals surface area contributed by atoms with E-state index in [4.69, 9.17) is 9.15 Å². The van der Waals surface area contributed by atoms with E-state index in [0.29, 0.717) is 16.5 Å². The van der Waals surface area contributed by atoms with Crippen LogP contribution in [0.5, 0.6) is 0 Å². The predicted octanol–water partition coefficient (Wildman–Crippen LogP) is 2.13. The van der Waals surface area contributed by atoms with Gasteiger partial charge in [0.05, 0.1) is 30.7 Å². The first-order chi connectivity index (χ1) is 10.2. The first kappa shape index (κ1) is 14.2. The highest BCUT2D eigenvalue weighted by atomic mass is 32.1. The van der Waals surface area contributed by atoms with Crippen LogP contribution < -0.4 is 5.32 Å². The quantitative estimate of drug-likeness (QED) is 0.937. The van der Waals surface area contributed by atoms with E-state index in [-0.39, 0.29) is 5.91 Å². The summed E-state index contributed by atoms with van der Waals surface area (Å²) in [4.78, 5) is 18.8. The van der Waals surface area contributed by atoms with Gasteiger partial charge in [-0.05, 0) is 13.0 Å². The zero-order chi connectivity index (χ0) is 14.7. The molecule has 0 unspecified atom stereocenters. The summed E-state index contributed by atoms with van der Waals surface area (Å²) in [5, 5.41) is 5.40. The summed E-state index contributed by atoms with van der Waals surface area (Å²) < 4.78 is 10.5. The highest BCUT2D eigenvalue weighted by Gasteiger charge is 2.15. The van der Waals surface area contributed by atoms with Crippen LogP contribution in [0.25, 0.3) is 0 Å². The summed E-state index contributed by atoms with van der Waals surface area (Å²) >= 11 is 1.44. The van der Waals surface area contributed by atoms with Crippen LogP contribution in [0.2, 0.25) is 0 Å². The van der Waals surface area contributed by atoms with Crippen molar-refractivity contribution in [2.75, 3.05) is 31.6 Å². The number of anilines is 1. The maximum atomic E-state index is 12.1. The van der Waals surface area contributed by atoms with E-state index in [1.54, 1.807) is 13.0 Å². The Bertz CT molecular complexity index is 617. The minimum Gasteiger partial charge on any atom is -0.469 e. The van der Waals surface area contributed by atoms with Crippen LogP contribution in [0.15, 0.2) is 22.1 Å². The van der Waals surface area contributed by atoms with E-state index in [1.165, 1.54) is 17.6 Å². The lowest BCUT2D eigenvalue weighted by Crippen LogP contribution is -2.35. The van der Waals surface area contributed by atoms with Crippen molar-refractivity contribution in [2.24, 2.45) is 0 Å². The van der Waals surface area contributed by atoms with Crippen molar-refractivity contribution >= 4 is 22.4 Å². The summed E-state index contributed by atoms with van der Waals surface area (Å²) in [6.45, 7) is 5.95. The summed E-state index contributed by atoms with van der Waals surface area (Å²) in [6, 6.07) is 1.66. The molecule has 1 N–H and O–H groups in total. The second-order valence-corrected chi connectivity index (χ2v) is 5.74. The van der Waals surface area contributed by atoms with Gasteiger partial charge in [-0.15, -0.1) is 11.3 Å². The zero-order valence-corrected chi connectivity index (χ0v) is 12.6. The highest BCUT2D eigenvalue weighted by Crippen LogP contribution is 2.19. The SMILES string of the molecule is Cc1occc1C(=O)Nc1nc(CN2CCOCC2)cs1. The van der Waals surface area contributed by atoms with Gasteiger partial charge in [-0.2, -0.15) is 0 Å². The zero-order valence-electron chi connectivity index (χ0n) is 11.8. The van der Waals surface area contributed by atoms with Gasteiger partial charge in [0.1, 0.15) is 5.76 Å². The fourth-order valence-electron chi connectivity index (χ4n) is 2.21. The molecule has 1 fully saturated rings. The molecule has 112 valence electrons. The number of nitrogens with one attached hydrogen (secondary N) is 1. The molecule has 1 aliphatic rings. The minimum absolute atomic E-state index is 0.187. The van der Waals surface area contributed by atoms with Gasteiger partial charge in [0, 0.05) is 25.0 Å². The van der Waals surface area contributed by atoms with E-state index in [2.05, 4.69) is 15.2 Å². The molecular weight excluding hydrogens is 290 g/mol. The number of hydrogen-bond donors (Lipinski definition) is 1. The lowest BCUT2D eigenvalue weighted by atomic mass is 10.2. The van der Waals surface area contributed by atoms with Gasteiger partial charge >= 0.3 is 0 Å². The number of aryl methyl sites for hydroxylation is 1. The number of hydrogen-bond acceptors (Lipinski definition) is 6. The number of amides is 1. The number of carbonyl (C=O) groups is 1. The number of carbonyl (C=O) groups excluding carboxylic acids is 1. The molecule has 1 amide bonds. The number of nitrogens with zero attached hydrogens (tertiary/aromatic N) is 2. The van der Waals surface area contributed by atoms with Gasteiger partial charge in [-0.1, -0.05) is 0 Å². The number of ether oxygens (including phenoxy) is 1. The summed E-state index contributed by atoms with van der Waals surface area (Å²) in [7, 11) is 0. The molecule has 0 atom stereocenters. The second kappa shape index (κ2) is 6.38. The number of aromatic nitrogens is 1. The van der Waals surface area contributed by atoms with Gasteiger partial charge in [-0.3, -0.25) is 15.0 Å². The third-order valence-electron chi connectivity index (χ3n) is 3.36. The molecule has 1 aliphatic heterocycles. The third-order valence-corrected chi connectivity index (χ3v) is 4.17. The molecule has 0 spiro atoms. The van der Waals surface area contributed by atoms with E-state index in [9.17, 15) is 4.79 Å². The molecule has 1 saturated heterocycles. The monoisotopic (exact) mass is 307 g/mol. The van der Waals surface area contributed by atoms with Crippen LogP contribution in [0.1, 0.15) is 21.8 Å². The number of morpholine rings is 1. The molecule has 0 aliphatic carbocycles. The first-order valence-corrected chi connectivity index (χ1v) is 7.70. The van der Waals surface area contributed by atoms with E-state index < -0.39 is 0 Å². The summed E-state index contributed by atoms with van der Waals surface area (Å²) in [6.07, 6.45) is 1.51. The maximum absolute atomic E-state index is 12.1. The topological polar surface area (TPSA) is 67.6 Å². The Hall–Kier alpha value is -1.70. The molecule has 3 rings (SSSR count). The molecule has 3 heterocycles. The average molecular weight is 307 g/mol. The van der Waals surface area contributed by atoms with Crippen molar-refractivity contribution in [3.8, 4) is 0 Å². The molecule has 0 saturated carbocycles. The number of thiazole rings is 1. The molecule has 0 bridgehead atoms. The molecule has 2 aromatic heterocycles. The van der Waals surface area contributed by atoms with E-state index in [0.717, 1.165) is 38.5 Å². The fraction of sp³-hybridized carbons (Fsp3) is 0.429. The Labute approximate surface area is 126 Å². The molecule has 7 heteroatoms. The van der Waals surface area contributed by atoms with Crippen molar-refractivity contribution in [3.63, 3.8) is 0 Å². The lowest BCUT2D eigenvalue weighted by molar-refractivity contribution is 0.0337. The Balaban J connectivity index is 1.60. The molecular formula is C14H17N3O3S.